The van der Waals surface area contributed by atoms with E-state index in [0.717, 1.165) is 70.6 Å². The molecule has 0 radical (unpaired) electrons. The summed E-state index contributed by atoms with van der Waals surface area (Å²) in [5.41, 5.74) is 19.3. The fourth-order valence-corrected chi connectivity index (χ4v) is 10.5. The van der Waals surface area contributed by atoms with E-state index in [0.29, 0.717) is 6.67 Å². The van der Waals surface area contributed by atoms with Crippen molar-refractivity contribution in [3.8, 4) is 56.4 Å². The van der Waals surface area contributed by atoms with Crippen LogP contribution in [0.5, 0.6) is 11.5 Å². The number of ether oxygens (including phenoxy) is 1. The van der Waals surface area contributed by atoms with Gasteiger partial charge in [0.25, 0.3) is 0 Å². The maximum absolute atomic E-state index is 6.84. The summed E-state index contributed by atoms with van der Waals surface area (Å²) in [5, 5.41) is 0. The number of rotatable bonds is 6. The molecule has 0 atom stereocenters. The monoisotopic (exact) mass is 827 g/mol. The average molecular weight is 828 g/mol. The standard InChI is InChI=1S/C57H46BN5O/c1-39-17-13-24-43-25-14-23-40-22-9-10-28-47(40)54-37-59-57-50-36-46(33-34-51(50)60(2)58(55(39)43)63(54)57)64-45-27-15-26-44(35-45)61-38-62(53-32-12-11-31-52(53)61)56-48(41-18-5-3-6-19-41)29-16-30-49(56)42-20-7-4-8-21-42/h3-13,15-22,24,26-37H,14,23,25,38H2,1-2H3. The molecule has 3 aliphatic rings. The van der Waals surface area contributed by atoms with Gasteiger partial charge in [-0.15, -0.1) is 0 Å². The summed E-state index contributed by atoms with van der Waals surface area (Å²) < 4.78 is 9.31. The molecule has 9 aromatic rings. The SMILES string of the molecule is Cc1cccc2c1B1N(C)c3ccc(Oc4cccc(N5CN(c6c(-c7ccccc7)cccc6-c6ccccc6)c6ccccc65)c4)cc3-c3ncc(n31)-c1ccccc1CCC2. The van der Waals surface area contributed by atoms with Crippen LogP contribution in [0.1, 0.15) is 23.1 Å². The summed E-state index contributed by atoms with van der Waals surface area (Å²) in [6.45, 7) is 2.85. The van der Waals surface area contributed by atoms with Crippen molar-refractivity contribution in [3.05, 3.63) is 211 Å². The van der Waals surface area contributed by atoms with Gasteiger partial charge in [0, 0.05) is 39.7 Å². The fraction of sp³-hybridized carbons (Fsp3) is 0.105. The van der Waals surface area contributed by atoms with Gasteiger partial charge >= 0.3 is 6.98 Å². The summed E-state index contributed by atoms with van der Waals surface area (Å²) in [4.78, 5) is 12.5. The van der Waals surface area contributed by atoms with Crippen molar-refractivity contribution in [1.29, 1.82) is 0 Å². The van der Waals surface area contributed by atoms with Gasteiger partial charge < -0.3 is 23.8 Å². The largest absolute Gasteiger partial charge is 0.457 e. The zero-order chi connectivity index (χ0) is 42.7. The summed E-state index contributed by atoms with van der Waals surface area (Å²) in [6.07, 6.45) is 5.24. The molecule has 0 fully saturated rings. The van der Waals surface area contributed by atoms with Crippen LogP contribution in [0.25, 0.3) is 44.9 Å². The van der Waals surface area contributed by atoms with E-state index in [1.165, 1.54) is 55.7 Å². The Morgan fingerprint density at radius 3 is 1.94 bits per heavy atom. The third-order valence-electron chi connectivity index (χ3n) is 13.4. The zero-order valence-corrected chi connectivity index (χ0v) is 36.0. The molecule has 0 saturated heterocycles. The van der Waals surface area contributed by atoms with E-state index in [1.807, 2.05) is 0 Å². The molecule has 4 heterocycles. The highest BCUT2D eigenvalue weighted by atomic mass is 16.5. The van der Waals surface area contributed by atoms with Crippen molar-refractivity contribution < 1.29 is 4.74 Å². The minimum absolute atomic E-state index is 0.0443. The summed E-state index contributed by atoms with van der Waals surface area (Å²) >= 11 is 0. The maximum Gasteiger partial charge on any atom is 0.417 e. The Balaban J connectivity index is 0.916. The van der Waals surface area contributed by atoms with Crippen molar-refractivity contribution in [2.24, 2.45) is 0 Å². The normalized spacial score (nSPS) is 13.7. The van der Waals surface area contributed by atoms with Crippen molar-refractivity contribution in [3.63, 3.8) is 0 Å². The minimum atomic E-state index is -0.0443. The second-order valence-electron chi connectivity index (χ2n) is 17.2. The van der Waals surface area contributed by atoms with Crippen LogP contribution in [0.15, 0.2) is 194 Å². The van der Waals surface area contributed by atoms with Gasteiger partial charge in [-0.05, 0) is 103 Å². The number of hydrogen-bond acceptors (Lipinski definition) is 5. The number of aryl methyl sites for hydroxylation is 3. The second-order valence-corrected chi connectivity index (χ2v) is 17.2. The molecule has 6 nitrogen and oxygen atoms in total. The fourth-order valence-electron chi connectivity index (χ4n) is 10.5. The van der Waals surface area contributed by atoms with Crippen LogP contribution in [0.3, 0.4) is 0 Å². The first-order valence-corrected chi connectivity index (χ1v) is 22.4. The highest BCUT2D eigenvalue weighted by molar-refractivity contribution is 6.77. The Bertz CT molecular complexity index is 3160. The van der Waals surface area contributed by atoms with Crippen molar-refractivity contribution in [2.75, 3.05) is 28.3 Å². The molecule has 0 saturated carbocycles. The third kappa shape index (κ3) is 6.30. The van der Waals surface area contributed by atoms with E-state index in [-0.39, 0.29) is 6.98 Å². The number of nitrogens with zero attached hydrogens (tertiary/aromatic N) is 5. The minimum Gasteiger partial charge on any atom is -0.457 e. The second kappa shape index (κ2) is 15.5. The van der Waals surface area contributed by atoms with Crippen LogP contribution in [0.2, 0.25) is 0 Å². The quantitative estimate of drug-likeness (QED) is 0.156. The summed E-state index contributed by atoms with van der Waals surface area (Å²) in [6, 6.07) is 67.5. The molecule has 7 heteroatoms. The number of anilines is 5. The molecule has 8 aromatic carbocycles. The lowest BCUT2D eigenvalue weighted by atomic mass is 9.59. The lowest BCUT2D eigenvalue weighted by Gasteiger charge is -2.38. The Morgan fingerprint density at radius 2 is 1.16 bits per heavy atom. The molecule has 308 valence electrons. The number of fused-ring (bicyclic) bond motifs is 7. The van der Waals surface area contributed by atoms with Gasteiger partial charge in [0.2, 0.25) is 0 Å². The topological polar surface area (TPSA) is 36.8 Å². The maximum atomic E-state index is 6.84. The van der Waals surface area contributed by atoms with E-state index in [1.54, 1.807) is 0 Å². The first-order chi connectivity index (χ1) is 31.6. The molecule has 64 heavy (non-hydrogen) atoms. The van der Waals surface area contributed by atoms with Crippen LogP contribution in [-0.2, 0) is 12.8 Å². The smallest absolute Gasteiger partial charge is 0.417 e. The molecule has 0 amide bonds. The van der Waals surface area contributed by atoms with Gasteiger partial charge in [0.1, 0.15) is 24.0 Å². The van der Waals surface area contributed by atoms with Crippen LogP contribution in [0, 0.1) is 6.92 Å². The van der Waals surface area contributed by atoms with Gasteiger partial charge in [-0.1, -0.05) is 145 Å². The van der Waals surface area contributed by atoms with Gasteiger partial charge in [-0.3, -0.25) is 0 Å². The summed E-state index contributed by atoms with van der Waals surface area (Å²) in [5.74, 6) is 2.50. The van der Waals surface area contributed by atoms with Crippen molar-refractivity contribution in [1.82, 2.24) is 9.46 Å². The summed E-state index contributed by atoms with van der Waals surface area (Å²) in [7, 11) is 2.23. The predicted molar refractivity (Wildman–Crippen MR) is 265 cm³/mol. The zero-order valence-electron chi connectivity index (χ0n) is 36.0. The van der Waals surface area contributed by atoms with Gasteiger partial charge in [0.05, 0.1) is 29.0 Å². The molecule has 3 aliphatic heterocycles. The number of benzene rings is 8. The van der Waals surface area contributed by atoms with E-state index in [4.69, 9.17) is 9.72 Å². The Hall–Kier alpha value is -7.77. The Kier molecular flexibility index (Phi) is 9.22. The van der Waals surface area contributed by atoms with Crippen LogP contribution in [0.4, 0.5) is 28.4 Å². The molecule has 0 spiro atoms. The van der Waals surface area contributed by atoms with Crippen LogP contribution < -0.4 is 24.8 Å². The number of imidazole rings is 1. The number of aromatic nitrogens is 2. The molecule has 1 aromatic heterocycles. The van der Waals surface area contributed by atoms with Gasteiger partial charge in [-0.25, -0.2) is 4.98 Å². The lowest BCUT2D eigenvalue weighted by Crippen LogP contribution is -2.56. The predicted octanol–water partition coefficient (Wildman–Crippen LogP) is 13.1. The van der Waals surface area contributed by atoms with E-state index in [2.05, 4.69) is 227 Å². The first kappa shape index (κ1) is 38.0. The molecule has 0 bridgehead atoms. The average Bonchev–Trinajstić information content (AvgIpc) is 3.96. The molecular weight excluding hydrogens is 781 g/mol. The number of para-hydroxylation sites is 3. The molecule has 0 N–H and O–H groups in total. The third-order valence-corrected chi connectivity index (χ3v) is 13.4. The highest BCUT2D eigenvalue weighted by Crippen LogP contribution is 2.50. The van der Waals surface area contributed by atoms with Crippen LogP contribution >= 0.6 is 0 Å². The highest BCUT2D eigenvalue weighted by Gasteiger charge is 2.40. The van der Waals surface area contributed by atoms with Crippen molar-refractivity contribution in [2.45, 2.75) is 26.2 Å². The van der Waals surface area contributed by atoms with Crippen molar-refractivity contribution >= 4 is 40.9 Å². The molecule has 12 rings (SSSR count). The van der Waals surface area contributed by atoms with Gasteiger partial charge in [0.15, 0.2) is 0 Å². The Morgan fingerprint density at radius 1 is 0.531 bits per heavy atom. The lowest BCUT2D eigenvalue weighted by molar-refractivity contribution is 0.483. The molecule has 0 unspecified atom stereocenters. The molecular formula is C57H46BN5O. The van der Waals surface area contributed by atoms with Crippen LogP contribution in [-0.4, -0.2) is 30.2 Å². The van der Waals surface area contributed by atoms with E-state index >= 15 is 0 Å². The number of hydrogen-bond donors (Lipinski definition) is 0. The molecule has 0 aliphatic carbocycles. The van der Waals surface area contributed by atoms with E-state index in [9.17, 15) is 0 Å². The first-order valence-electron chi connectivity index (χ1n) is 22.4. The van der Waals surface area contributed by atoms with E-state index < -0.39 is 0 Å². The Labute approximate surface area is 375 Å². The van der Waals surface area contributed by atoms with Gasteiger partial charge in [-0.2, -0.15) is 0 Å².